The van der Waals surface area contributed by atoms with E-state index in [0.29, 0.717) is 16.9 Å². The largest absolute Gasteiger partial charge is 0.388 e. The predicted molar refractivity (Wildman–Crippen MR) is 69.8 cm³/mol. The monoisotopic (exact) mass is 272 g/mol. The maximum absolute atomic E-state index is 11.7. The highest BCUT2D eigenvalue weighted by Crippen LogP contribution is 2.30. The highest BCUT2D eigenvalue weighted by Gasteiger charge is 2.34. The minimum absolute atomic E-state index is 0.0568. The Morgan fingerprint density at radius 1 is 1.65 bits per heavy atom. The Labute approximate surface area is 109 Å². The van der Waals surface area contributed by atoms with E-state index in [-0.39, 0.29) is 5.91 Å². The van der Waals surface area contributed by atoms with Gasteiger partial charge in [0.1, 0.15) is 0 Å². The normalized spacial score (nSPS) is 17.5. The molecule has 4 nitrogen and oxygen atoms in total. The van der Waals surface area contributed by atoms with Crippen molar-refractivity contribution in [2.75, 3.05) is 6.54 Å². The average molecular weight is 272 g/mol. The molecule has 0 atom stereocenters. The van der Waals surface area contributed by atoms with Crippen molar-refractivity contribution in [3.8, 4) is 0 Å². The summed E-state index contributed by atoms with van der Waals surface area (Å²) >= 11 is 6.45. The van der Waals surface area contributed by atoms with Crippen LogP contribution in [0.2, 0.25) is 0 Å². The van der Waals surface area contributed by atoms with E-state index >= 15 is 0 Å². The van der Waals surface area contributed by atoms with Crippen molar-refractivity contribution in [2.24, 2.45) is 0 Å². The van der Waals surface area contributed by atoms with Crippen molar-refractivity contribution >= 4 is 29.5 Å². The summed E-state index contributed by atoms with van der Waals surface area (Å²) in [5.41, 5.74) is 0.299. The van der Waals surface area contributed by atoms with Gasteiger partial charge in [0.25, 0.3) is 0 Å². The van der Waals surface area contributed by atoms with Crippen LogP contribution >= 0.6 is 23.6 Å². The lowest BCUT2D eigenvalue weighted by Gasteiger charge is -2.36. The molecular weight excluding hydrogens is 256 g/mol. The third kappa shape index (κ3) is 3.14. The number of carbonyl (C=O) groups excluding carboxylic acids is 1. The second kappa shape index (κ2) is 4.88. The van der Waals surface area contributed by atoms with Gasteiger partial charge in [-0.15, -0.1) is 11.3 Å². The number of aromatic amines is 1. The Kier molecular flexibility index (Phi) is 3.65. The molecule has 1 saturated carbocycles. The Bertz CT molecular complexity index is 474. The van der Waals surface area contributed by atoms with Gasteiger partial charge in [-0.2, -0.15) is 0 Å². The summed E-state index contributed by atoms with van der Waals surface area (Å²) in [6.45, 7) is 2.27. The maximum atomic E-state index is 11.7. The van der Waals surface area contributed by atoms with Gasteiger partial charge in [-0.05, 0) is 38.4 Å². The fraction of sp³-hybridized carbons (Fsp3) is 0.636. The van der Waals surface area contributed by atoms with E-state index in [4.69, 9.17) is 12.2 Å². The zero-order chi connectivity index (χ0) is 12.5. The third-order valence-electron chi connectivity index (χ3n) is 3.14. The van der Waals surface area contributed by atoms with Crippen molar-refractivity contribution in [1.29, 1.82) is 0 Å². The molecule has 1 aromatic heterocycles. The van der Waals surface area contributed by atoms with Crippen LogP contribution in [0.3, 0.4) is 0 Å². The highest BCUT2D eigenvalue weighted by molar-refractivity contribution is 7.73. The number of aromatic nitrogens is 1. The van der Waals surface area contributed by atoms with Crippen molar-refractivity contribution in [3.63, 3.8) is 0 Å². The number of hydrogen-bond donors (Lipinski definition) is 3. The van der Waals surface area contributed by atoms with Gasteiger partial charge in [0.2, 0.25) is 5.91 Å². The molecule has 1 aliphatic carbocycles. The van der Waals surface area contributed by atoms with Crippen LogP contribution in [-0.4, -0.2) is 28.1 Å². The first kappa shape index (κ1) is 12.7. The van der Waals surface area contributed by atoms with Crippen LogP contribution in [0.15, 0.2) is 0 Å². The summed E-state index contributed by atoms with van der Waals surface area (Å²) in [6.07, 6.45) is 2.95. The first-order valence-electron chi connectivity index (χ1n) is 5.66. The van der Waals surface area contributed by atoms with E-state index in [2.05, 4.69) is 10.3 Å². The Morgan fingerprint density at radius 2 is 2.35 bits per heavy atom. The van der Waals surface area contributed by atoms with Crippen LogP contribution in [0.25, 0.3) is 0 Å². The van der Waals surface area contributed by atoms with Crippen LogP contribution in [0.4, 0.5) is 0 Å². The van der Waals surface area contributed by atoms with Gasteiger partial charge < -0.3 is 15.4 Å². The van der Waals surface area contributed by atoms with Crippen LogP contribution < -0.4 is 5.32 Å². The van der Waals surface area contributed by atoms with Crippen LogP contribution in [0.5, 0.6) is 0 Å². The smallest absolute Gasteiger partial charge is 0.225 e. The molecule has 0 saturated heterocycles. The molecule has 1 aliphatic rings. The summed E-state index contributed by atoms with van der Waals surface area (Å²) in [4.78, 5) is 15.7. The van der Waals surface area contributed by atoms with E-state index in [0.717, 1.165) is 29.8 Å². The molecule has 94 valence electrons. The maximum Gasteiger partial charge on any atom is 0.225 e. The number of hydrogen-bond acceptors (Lipinski definition) is 4. The lowest BCUT2D eigenvalue weighted by Crippen LogP contribution is -2.48. The second-order valence-electron chi connectivity index (χ2n) is 4.59. The van der Waals surface area contributed by atoms with Crippen molar-refractivity contribution in [3.05, 3.63) is 14.5 Å². The zero-order valence-electron chi connectivity index (χ0n) is 9.71. The Hall–Kier alpha value is -0.720. The number of carbonyl (C=O) groups is 1. The molecular formula is C11H16N2O2S2. The van der Waals surface area contributed by atoms with E-state index in [1.54, 1.807) is 0 Å². The number of nitrogens with one attached hydrogen (secondary N) is 2. The standard InChI is InChI=1S/C11H16N2O2S2/c1-7-8(17-10(16)13-7)5-9(14)12-6-11(15)3-2-4-11/h15H,2-6H2,1H3,(H,12,14)(H,13,16). The van der Waals surface area contributed by atoms with E-state index in [1.807, 2.05) is 6.92 Å². The average Bonchev–Trinajstić information content (AvgIpc) is 2.52. The van der Waals surface area contributed by atoms with Gasteiger partial charge in [0.05, 0.1) is 12.0 Å². The van der Waals surface area contributed by atoms with Gasteiger partial charge in [-0.1, -0.05) is 0 Å². The second-order valence-corrected chi connectivity index (χ2v) is 6.37. The van der Waals surface area contributed by atoms with Gasteiger partial charge >= 0.3 is 0 Å². The minimum Gasteiger partial charge on any atom is -0.388 e. The van der Waals surface area contributed by atoms with E-state index in [9.17, 15) is 9.90 Å². The number of aliphatic hydroxyl groups is 1. The molecule has 17 heavy (non-hydrogen) atoms. The number of amides is 1. The first-order chi connectivity index (χ1) is 7.98. The van der Waals surface area contributed by atoms with E-state index < -0.39 is 5.60 Å². The Balaban J connectivity index is 1.85. The lowest BCUT2D eigenvalue weighted by atomic mass is 9.80. The molecule has 0 unspecified atom stereocenters. The number of thiazole rings is 1. The molecule has 6 heteroatoms. The molecule has 1 aromatic rings. The third-order valence-corrected chi connectivity index (χ3v) is 4.48. The van der Waals surface area contributed by atoms with Crippen molar-refractivity contribution in [2.45, 2.75) is 38.2 Å². The molecule has 1 fully saturated rings. The molecule has 0 bridgehead atoms. The molecule has 1 amide bonds. The van der Waals surface area contributed by atoms with Gasteiger partial charge in [-0.3, -0.25) is 4.79 Å². The van der Waals surface area contributed by atoms with Gasteiger partial charge in [-0.25, -0.2) is 0 Å². The first-order valence-corrected chi connectivity index (χ1v) is 6.89. The Morgan fingerprint density at radius 3 is 2.82 bits per heavy atom. The lowest BCUT2D eigenvalue weighted by molar-refractivity contribution is -0.122. The predicted octanol–water partition coefficient (Wildman–Crippen LogP) is 1.69. The van der Waals surface area contributed by atoms with Crippen molar-refractivity contribution < 1.29 is 9.90 Å². The summed E-state index contributed by atoms with van der Waals surface area (Å²) in [5, 5.41) is 12.6. The van der Waals surface area contributed by atoms with Crippen LogP contribution in [-0.2, 0) is 11.2 Å². The molecule has 2 rings (SSSR count). The fourth-order valence-corrected chi connectivity index (χ4v) is 3.13. The number of rotatable bonds is 4. The summed E-state index contributed by atoms with van der Waals surface area (Å²) in [5.74, 6) is -0.0568. The van der Waals surface area contributed by atoms with Gasteiger partial charge in [0.15, 0.2) is 3.95 Å². The van der Waals surface area contributed by atoms with Gasteiger partial charge in [0, 0.05) is 17.1 Å². The molecule has 1 heterocycles. The number of H-pyrrole nitrogens is 1. The quantitative estimate of drug-likeness (QED) is 0.731. The molecule has 0 spiro atoms. The SMILES string of the molecule is Cc1[nH]c(=S)sc1CC(=O)NCC1(O)CCC1. The minimum atomic E-state index is -0.657. The number of aryl methyl sites for hydroxylation is 1. The van der Waals surface area contributed by atoms with Crippen LogP contribution in [0, 0.1) is 10.9 Å². The summed E-state index contributed by atoms with van der Waals surface area (Å²) in [6, 6.07) is 0. The fourth-order valence-electron chi connectivity index (χ4n) is 1.84. The van der Waals surface area contributed by atoms with E-state index in [1.165, 1.54) is 11.3 Å². The molecule has 0 aromatic carbocycles. The highest BCUT2D eigenvalue weighted by atomic mass is 32.1. The van der Waals surface area contributed by atoms with Crippen molar-refractivity contribution in [1.82, 2.24) is 10.3 Å². The summed E-state index contributed by atoms with van der Waals surface area (Å²) in [7, 11) is 0. The van der Waals surface area contributed by atoms with Crippen LogP contribution in [0.1, 0.15) is 29.8 Å². The topological polar surface area (TPSA) is 65.1 Å². The molecule has 0 radical (unpaired) electrons. The molecule has 0 aliphatic heterocycles. The molecule has 3 N–H and O–H groups in total. The zero-order valence-corrected chi connectivity index (χ0v) is 11.3. The summed E-state index contributed by atoms with van der Waals surface area (Å²) < 4.78 is 0.697.